The van der Waals surface area contributed by atoms with Crippen LogP contribution in [0.2, 0.25) is 0 Å². The van der Waals surface area contributed by atoms with E-state index in [4.69, 9.17) is 24.9 Å². The van der Waals surface area contributed by atoms with Crippen molar-refractivity contribution in [1.29, 1.82) is 0 Å². The van der Waals surface area contributed by atoms with Gasteiger partial charge in [-0.2, -0.15) is 0 Å². The zero-order valence-corrected chi connectivity index (χ0v) is 74.0. The van der Waals surface area contributed by atoms with E-state index in [9.17, 15) is 0 Å². The number of nitrogens with zero attached hydrogens (tertiary/aromatic N) is 10. The summed E-state index contributed by atoms with van der Waals surface area (Å²) in [4.78, 5) is 25.6. The molecule has 3 atom stereocenters. The number of para-hydroxylation sites is 8. The molecule has 0 radical (unpaired) electrons. The summed E-state index contributed by atoms with van der Waals surface area (Å²) >= 11 is 0. The molecule has 13 nitrogen and oxygen atoms in total. The lowest BCUT2D eigenvalue weighted by Gasteiger charge is -2.30. The quantitative estimate of drug-likeness (QED) is 0.123. The molecule has 25 aromatic rings. The first kappa shape index (κ1) is 77.6. The van der Waals surface area contributed by atoms with Crippen LogP contribution in [-0.4, -0.2) is 47.8 Å². The second-order valence-corrected chi connectivity index (χ2v) is 42.0. The summed E-state index contributed by atoms with van der Waals surface area (Å²) < 4.78 is 58.9. The van der Waals surface area contributed by atoms with Crippen LogP contribution >= 0.6 is 21.4 Å². The fourth-order valence-corrected chi connectivity index (χ4v) is 29.9. The van der Waals surface area contributed by atoms with Crippen molar-refractivity contribution in [3.8, 4) is 85.1 Å². The molecular formula is C117H75N10O3P3. The molecule has 3 aliphatic rings. The SMILES string of the molecule is O=P1(c2ccccc2)c2cc(-c3nc4ccccc4nc3-c3ccccc3)ccc2-n2c(-c3ccccc3)nc3cccc1c32.O=P1(c2ccccc2)c2cc(-n3c4ccccc4c4c5ccccc5ccc43)ccc2-n2c(-c3ccccc3)nc3cccc1c32.O=P1(c2ccccc2)c2cc(-n3c4ccccc4c4ccccc43)ccc2-n2c(-c3ccccc3)nc3cccc1c32. The molecule has 0 bridgehead atoms. The van der Waals surface area contributed by atoms with E-state index in [2.05, 4.69) is 235 Å². The summed E-state index contributed by atoms with van der Waals surface area (Å²) in [6.07, 6.45) is 0. The Balaban J connectivity index is 0.000000104. The van der Waals surface area contributed by atoms with Crippen molar-refractivity contribution in [2.75, 3.05) is 0 Å². The highest BCUT2D eigenvalue weighted by Crippen LogP contribution is 2.55. The zero-order valence-electron chi connectivity index (χ0n) is 71.3. The van der Waals surface area contributed by atoms with Gasteiger partial charge in [-0.3, -0.25) is 13.7 Å². The van der Waals surface area contributed by atoms with Gasteiger partial charge in [-0.25, -0.2) is 24.9 Å². The molecule has 133 heavy (non-hydrogen) atoms. The van der Waals surface area contributed by atoms with Crippen molar-refractivity contribution in [2.45, 2.75) is 0 Å². The Bertz CT molecular complexity index is 9210. The second kappa shape index (κ2) is 30.6. The molecule has 0 spiro atoms. The molecule has 3 unspecified atom stereocenters. The van der Waals surface area contributed by atoms with E-state index < -0.39 is 21.4 Å². The lowest BCUT2D eigenvalue weighted by Crippen LogP contribution is -2.33. The van der Waals surface area contributed by atoms with Gasteiger partial charge in [0.1, 0.15) is 17.5 Å². The molecule has 19 aromatic carbocycles. The average Bonchev–Trinajstić information content (AvgIpc) is 1.62. The topological polar surface area (TPSA) is 140 Å². The fraction of sp³-hybridized carbons (Fsp3) is 0. The third-order valence-electron chi connectivity index (χ3n) is 26.6. The maximum Gasteiger partial charge on any atom is 0.175 e. The van der Waals surface area contributed by atoms with Crippen LogP contribution < -0.4 is 47.7 Å². The highest BCUT2D eigenvalue weighted by Gasteiger charge is 2.45. The molecule has 16 heteroatoms. The van der Waals surface area contributed by atoms with Gasteiger partial charge in [0.05, 0.1) is 94.7 Å². The molecule has 0 saturated carbocycles. The lowest BCUT2D eigenvalue weighted by atomic mass is 10.0. The monoisotopic (exact) mass is 1760 g/mol. The summed E-state index contributed by atoms with van der Waals surface area (Å²) in [5.74, 6) is 2.52. The summed E-state index contributed by atoms with van der Waals surface area (Å²) in [6.45, 7) is 0. The van der Waals surface area contributed by atoms with Crippen molar-refractivity contribution in [3.05, 3.63) is 455 Å². The number of rotatable bonds is 10. The van der Waals surface area contributed by atoms with Gasteiger partial charge >= 0.3 is 0 Å². The summed E-state index contributed by atoms with van der Waals surface area (Å²) in [6, 6.07) is 154. The number of hydrogen-bond acceptors (Lipinski definition) is 8. The maximum atomic E-state index is 16.0. The van der Waals surface area contributed by atoms with Gasteiger partial charge in [-0.05, 0) is 132 Å². The number of fused-ring (bicyclic) bond motifs is 15. The van der Waals surface area contributed by atoms with Gasteiger partial charge in [0.2, 0.25) is 0 Å². The Labute approximate surface area is 763 Å². The van der Waals surface area contributed by atoms with Crippen LogP contribution in [0.3, 0.4) is 0 Å². The van der Waals surface area contributed by atoms with E-state index in [1.54, 1.807) is 0 Å². The predicted octanol–water partition coefficient (Wildman–Crippen LogP) is 24.6. The van der Waals surface area contributed by atoms with E-state index in [-0.39, 0.29) is 0 Å². The molecule has 0 aliphatic carbocycles. The first-order valence-corrected chi connectivity index (χ1v) is 49.6. The summed E-state index contributed by atoms with van der Waals surface area (Å²) in [5.41, 5.74) is 22.4. The molecule has 3 aliphatic heterocycles. The van der Waals surface area contributed by atoms with Crippen LogP contribution in [0.5, 0.6) is 0 Å². The Morgan fingerprint density at radius 2 is 0.511 bits per heavy atom. The van der Waals surface area contributed by atoms with Crippen molar-refractivity contribution in [2.24, 2.45) is 0 Å². The van der Waals surface area contributed by atoms with Crippen LogP contribution in [0, 0.1) is 0 Å². The highest BCUT2D eigenvalue weighted by molar-refractivity contribution is 7.87. The molecule has 6 aromatic heterocycles. The highest BCUT2D eigenvalue weighted by atomic mass is 31.2. The van der Waals surface area contributed by atoms with Crippen molar-refractivity contribution in [1.82, 2.24) is 47.8 Å². The van der Waals surface area contributed by atoms with E-state index in [0.717, 1.165) is 199 Å². The maximum absolute atomic E-state index is 16.0. The molecule has 0 amide bonds. The number of hydrogen-bond donors (Lipinski definition) is 0. The Morgan fingerprint density at radius 1 is 0.195 bits per heavy atom. The van der Waals surface area contributed by atoms with E-state index in [0.29, 0.717) is 0 Å². The van der Waals surface area contributed by atoms with Crippen LogP contribution in [0.4, 0.5) is 0 Å². The van der Waals surface area contributed by atoms with Gasteiger partial charge < -0.3 is 22.8 Å². The minimum absolute atomic E-state index is 0.750. The van der Waals surface area contributed by atoms with Gasteiger partial charge in [-0.1, -0.05) is 334 Å². The minimum Gasteiger partial charge on any atom is -0.309 e. The first-order chi connectivity index (χ1) is 65.6. The van der Waals surface area contributed by atoms with Crippen LogP contribution in [0.15, 0.2) is 455 Å². The van der Waals surface area contributed by atoms with Gasteiger partial charge in [0.25, 0.3) is 0 Å². The van der Waals surface area contributed by atoms with Crippen LogP contribution in [-0.2, 0) is 13.7 Å². The number of aromatic nitrogens is 10. The summed E-state index contributed by atoms with van der Waals surface area (Å²) in [5, 5.41) is 14.5. The molecule has 0 saturated heterocycles. The van der Waals surface area contributed by atoms with E-state index in [1.807, 2.05) is 243 Å². The Kier molecular flexibility index (Phi) is 17.8. The van der Waals surface area contributed by atoms with Gasteiger partial charge in [0.15, 0.2) is 21.4 Å². The van der Waals surface area contributed by atoms with Crippen LogP contribution in [0.25, 0.3) is 184 Å². The molecule has 9 heterocycles. The zero-order chi connectivity index (χ0) is 88.2. The third-order valence-corrected chi connectivity index (χ3v) is 35.9. The standard InChI is InChI=1S/C41H26N3OP.C39H25N4OP.C37H24N3OP/c45-46(30-15-5-2-6-16-30)37-21-11-19-33-40(37)44(41(42-33)28-13-3-1-4-14-28)35-25-23-29(26-38(35)46)43-34-20-10-9-18-32(34)39-31-17-8-7-12-27(31)22-24-36(39)43;44-45(29-17-8-3-9-18-29)34-22-12-21-32-38(34)43(39(42-32)27-15-6-2-7-16-27)33-24-23-28(25-35(33)45)37-36(26-13-4-1-5-14-26)40-30-19-10-11-20-31(30)41-37;41-42(27-14-5-2-6-15-27)34-21-11-18-30-36(34)40(37(38-30)25-12-3-1-4-13-25)33-23-22-26(24-35(33)42)39-31-19-9-7-16-28(31)29-17-8-10-20-32(29)39/h1-26H;1-25H;1-24H. The number of imidazole rings is 3. The largest absolute Gasteiger partial charge is 0.309 e. The predicted molar refractivity (Wildman–Crippen MR) is 549 cm³/mol. The summed E-state index contributed by atoms with van der Waals surface area (Å²) in [7, 11) is -9.91. The third kappa shape index (κ3) is 11.8. The fourth-order valence-electron chi connectivity index (χ4n) is 20.8. The molecule has 0 N–H and O–H groups in total. The van der Waals surface area contributed by atoms with Crippen LogP contribution in [0.1, 0.15) is 0 Å². The van der Waals surface area contributed by atoms with Gasteiger partial charge in [0, 0.05) is 108 Å². The average molecular weight is 1760 g/mol. The van der Waals surface area contributed by atoms with Crippen molar-refractivity contribution >= 4 is 168 Å². The molecule has 0 fully saturated rings. The number of benzene rings is 19. The Hall–Kier alpha value is -16.5. The van der Waals surface area contributed by atoms with Crippen molar-refractivity contribution < 1.29 is 13.7 Å². The van der Waals surface area contributed by atoms with E-state index in [1.165, 1.54) is 32.3 Å². The lowest BCUT2D eigenvalue weighted by molar-refractivity contribution is 0.591. The van der Waals surface area contributed by atoms with Gasteiger partial charge in [-0.15, -0.1) is 0 Å². The smallest absolute Gasteiger partial charge is 0.175 e. The van der Waals surface area contributed by atoms with E-state index >= 15 is 13.7 Å². The second-order valence-electron chi connectivity index (χ2n) is 33.9. The molecular weight excluding hydrogens is 1690 g/mol. The normalized spacial score (nSPS) is 15.5. The van der Waals surface area contributed by atoms with Crippen molar-refractivity contribution in [3.63, 3.8) is 0 Å². The first-order valence-electron chi connectivity index (χ1n) is 44.5. The minimum atomic E-state index is -3.33. The Morgan fingerprint density at radius 3 is 0.932 bits per heavy atom. The molecule has 626 valence electrons. The molecule has 28 rings (SSSR count).